The lowest BCUT2D eigenvalue weighted by Crippen LogP contribution is -2.31. The summed E-state index contributed by atoms with van der Waals surface area (Å²) in [6.45, 7) is 8.28. The first-order valence-electron chi connectivity index (χ1n) is 8.12. The van der Waals surface area contributed by atoms with Crippen molar-refractivity contribution in [3.8, 4) is 0 Å². The van der Waals surface area contributed by atoms with E-state index in [4.69, 9.17) is 0 Å². The third-order valence-electron chi connectivity index (χ3n) is 4.01. The molecule has 0 aliphatic rings. The summed E-state index contributed by atoms with van der Waals surface area (Å²) in [7, 11) is -1.71. The van der Waals surface area contributed by atoms with Crippen molar-refractivity contribution in [3.05, 3.63) is 30.0 Å². The summed E-state index contributed by atoms with van der Waals surface area (Å²) in [5.74, 6) is -0.170. The molecule has 24 heavy (non-hydrogen) atoms. The topological polar surface area (TPSA) is 71.4 Å². The molecule has 0 aliphatic carbocycles. The number of carbonyl (C=O) groups is 1. The van der Waals surface area contributed by atoms with Gasteiger partial charge < -0.3 is 9.88 Å². The molecule has 1 aromatic heterocycles. The monoisotopic (exact) mass is 351 g/mol. The second-order valence-electron chi connectivity index (χ2n) is 6.03. The predicted octanol–water partition coefficient (Wildman–Crippen LogP) is 2.35. The fourth-order valence-electron chi connectivity index (χ4n) is 2.75. The lowest BCUT2D eigenvalue weighted by Gasteiger charge is -2.18. The molecule has 2 rings (SSSR count). The zero-order chi connectivity index (χ0) is 18.1. The van der Waals surface area contributed by atoms with Crippen molar-refractivity contribution in [2.45, 2.75) is 38.6 Å². The zero-order valence-electron chi connectivity index (χ0n) is 14.8. The van der Waals surface area contributed by atoms with Gasteiger partial charge in [-0.1, -0.05) is 13.8 Å². The lowest BCUT2D eigenvalue weighted by atomic mass is 10.2. The highest BCUT2D eigenvalue weighted by Gasteiger charge is 2.23. The van der Waals surface area contributed by atoms with Crippen LogP contribution in [0.2, 0.25) is 0 Å². The van der Waals surface area contributed by atoms with E-state index >= 15 is 0 Å². The van der Waals surface area contributed by atoms with Crippen LogP contribution in [0.5, 0.6) is 0 Å². The van der Waals surface area contributed by atoms with Gasteiger partial charge in [-0.2, -0.15) is 4.31 Å². The molecule has 1 heterocycles. The van der Waals surface area contributed by atoms with Crippen LogP contribution in [0, 0.1) is 0 Å². The van der Waals surface area contributed by atoms with Crippen molar-refractivity contribution in [1.82, 2.24) is 14.2 Å². The Labute approximate surface area is 143 Å². The van der Waals surface area contributed by atoms with E-state index in [1.165, 1.54) is 4.31 Å². The minimum absolute atomic E-state index is 0.0362. The molecule has 1 aromatic carbocycles. The van der Waals surface area contributed by atoms with Gasteiger partial charge in [-0.25, -0.2) is 8.42 Å². The standard InChI is InChI=1S/C17H25N3O3S/c1-6-20(7-2)24(22,23)14-8-9-15-13(10-14)11-16(19(15)5)17(21)18-12(3)4/h8-12H,6-7H2,1-5H3,(H,18,21). The highest BCUT2D eigenvalue weighted by molar-refractivity contribution is 7.89. The Morgan fingerprint density at radius 1 is 1.21 bits per heavy atom. The summed E-state index contributed by atoms with van der Waals surface area (Å²) in [5, 5.41) is 3.59. The summed E-state index contributed by atoms with van der Waals surface area (Å²) in [4.78, 5) is 12.5. The Kier molecular flexibility index (Phi) is 5.35. The van der Waals surface area contributed by atoms with Gasteiger partial charge in [0.2, 0.25) is 10.0 Å². The second kappa shape index (κ2) is 6.94. The largest absolute Gasteiger partial charge is 0.349 e. The first kappa shape index (κ1) is 18.5. The lowest BCUT2D eigenvalue weighted by molar-refractivity contribution is 0.0935. The maximum absolute atomic E-state index is 12.6. The van der Waals surface area contributed by atoms with Crippen molar-refractivity contribution in [3.63, 3.8) is 0 Å². The van der Waals surface area contributed by atoms with Crippen LogP contribution in [0.15, 0.2) is 29.2 Å². The molecule has 0 saturated carbocycles. The number of sulfonamides is 1. The summed E-state index contributed by atoms with van der Waals surface area (Å²) in [6.07, 6.45) is 0. The molecule has 0 bridgehead atoms. The maximum atomic E-state index is 12.6. The number of aryl methyl sites for hydroxylation is 1. The Bertz CT molecular complexity index is 849. The van der Waals surface area contributed by atoms with Crippen LogP contribution >= 0.6 is 0 Å². The highest BCUT2D eigenvalue weighted by Crippen LogP contribution is 2.24. The number of fused-ring (bicyclic) bond motifs is 1. The normalized spacial score (nSPS) is 12.3. The smallest absolute Gasteiger partial charge is 0.268 e. The van der Waals surface area contributed by atoms with Crippen LogP contribution in [0.25, 0.3) is 10.9 Å². The summed E-state index contributed by atoms with van der Waals surface area (Å²) in [6, 6.07) is 6.75. The molecule has 1 amide bonds. The van der Waals surface area contributed by atoms with Gasteiger partial charge >= 0.3 is 0 Å². The maximum Gasteiger partial charge on any atom is 0.268 e. The molecule has 132 valence electrons. The molecule has 0 radical (unpaired) electrons. The second-order valence-corrected chi connectivity index (χ2v) is 7.96. The Balaban J connectivity index is 2.51. The van der Waals surface area contributed by atoms with Crippen LogP contribution in [0.4, 0.5) is 0 Å². The number of aromatic nitrogens is 1. The number of benzene rings is 1. The van der Waals surface area contributed by atoms with Crippen LogP contribution in [-0.4, -0.2) is 42.3 Å². The van der Waals surface area contributed by atoms with Gasteiger partial charge in [-0.05, 0) is 38.1 Å². The molecule has 1 N–H and O–H groups in total. The van der Waals surface area contributed by atoms with Gasteiger partial charge in [0.1, 0.15) is 5.69 Å². The fraction of sp³-hybridized carbons (Fsp3) is 0.471. The van der Waals surface area contributed by atoms with E-state index in [0.29, 0.717) is 18.8 Å². The average molecular weight is 351 g/mol. The molecule has 0 fully saturated rings. The van der Waals surface area contributed by atoms with Crippen LogP contribution in [0.1, 0.15) is 38.2 Å². The van der Waals surface area contributed by atoms with Crippen molar-refractivity contribution in [2.24, 2.45) is 7.05 Å². The molecular weight excluding hydrogens is 326 g/mol. The number of hydrogen-bond donors (Lipinski definition) is 1. The van der Waals surface area contributed by atoms with E-state index < -0.39 is 10.0 Å². The van der Waals surface area contributed by atoms with Crippen molar-refractivity contribution < 1.29 is 13.2 Å². The van der Waals surface area contributed by atoms with Gasteiger partial charge in [0.05, 0.1) is 4.90 Å². The van der Waals surface area contributed by atoms with Crippen molar-refractivity contribution in [1.29, 1.82) is 0 Å². The van der Waals surface area contributed by atoms with Gasteiger partial charge in [0, 0.05) is 37.1 Å². The summed E-state index contributed by atoms with van der Waals surface area (Å²) in [5.41, 5.74) is 1.33. The minimum atomic E-state index is -3.51. The van der Waals surface area contributed by atoms with Crippen LogP contribution in [-0.2, 0) is 17.1 Å². The number of amides is 1. The van der Waals surface area contributed by atoms with Crippen LogP contribution < -0.4 is 5.32 Å². The first-order chi connectivity index (χ1) is 11.2. The third-order valence-corrected chi connectivity index (χ3v) is 6.06. The number of nitrogens with one attached hydrogen (secondary N) is 1. The molecular formula is C17H25N3O3S. The molecule has 6 nitrogen and oxygen atoms in total. The third kappa shape index (κ3) is 3.32. The SMILES string of the molecule is CCN(CC)S(=O)(=O)c1ccc2c(c1)cc(C(=O)NC(C)C)n2C. The Hall–Kier alpha value is -1.86. The summed E-state index contributed by atoms with van der Waals surface area (Å²) >= 11 is 0. The van der Waals surface area contributed by atoms with Crippen LogP contribution in [0.3, 0.4) is 0 Å². The molecule has 0 atom stereocenters. The molecule has 0 saturated heterocycles. The Morgan fingerprint density at radius 2 is 1.83 bits per heavy atom. The number of hydrogen-bond acceptors (Lipinski definition) is 3. The molecule has 0 aliphatic heterocycles. The molecule has 2 aromatic rings. The van der Waals surface area contributed by atoms with E-state index in [-0.39, 0.29) is 16.8 Å². The quantitative estimate of drug-likeness (QED) is 0.868. The van der Waals surface area contributed by atoms with Gasteiger partial charge in [-0.3, -0.25) is 4.79 Å². The van der Waals surface area contributed by atoms with Gasteiger partial charge in [0.15, 0.2) is 0 Å². The molecule has 0 spiro atoms. The van der Waals surface area contributed by atoms with E-state index in [2.05, 4.69) is 5.32 Å². The zero-order valence-corrected chi connectivity index (χ0v) is 15.6. The van der Waals surface area contributed by atoms with Crippen molar-refractivity contribution in [2.75, 3.05) is 13.1 Å². The first-order valence-corrected chi connectivity index (χ1v) is 9.56. The fourth-order valence-corrected chi connectivity index (χ4v) is 4.25. The van der Waals surface area contributed by atoms with E-state index in [1.807, 2.05) is 27.7 Å². The van der Waals surface area contributed by atoms with E-state index in [0.717, 1.165) is 10.9 Å². The van der Waals surface area contributed by atoms with Gasteiger partial charge in [-0.15, -0.1) is 0 Å². The number of carbonyl (C=O) groups excluding carboxylic acids is 1. The Morgan fingerprint density at radius 3 is 2.38 bits per heavy atom. The number of nitrogens with zero attached hydrogens (tertiary/aromatic N) is 2. The van der Waals surface area contributed by atoms with Gasteiger partial charge in [0.25, 0.3) is 5.91 Å². The van der Waals surface area contributed by atoms with E-state index in [9.17, 15) is 13.2 Å². The predicted molar refractivity (Wildman–Crippen MR) is 95.6 cm³/mol. The summed E-state index contributed by atoms with van der Waals surface area (Å²) < 4.78 is 28.5. The number of rotatable bonds is 6. The molecule has 7 heteroatoms. The molecule has 0 unspecified atom stereocenters. The highest BCUT2D eigenvalue weighted by atomic mass is 32.2. The van der Waals surface area contributed by atoms with Crippen molar-refractivity contribution >= 4 is 26.8 Å². The van der Waals surface area contributed by atoms with E-state index in [1.54, 1.807) is 35.9 Å². The minimum Gasteiger partial charge on any atom is -0.349 e. The average Bonchev–Trinajstić information content (AvgIpc) is 2.84.